The SMILES string of the molecule is COc1ccc(CC(=O)N(Cc2ccccc2F)[C@H](Cc2ccccc2)C(=O)NC2CCCC2)cc1. The maximum absolute atomic E-state index is 14.7. The Morgan fingerprint density at radius 2 is 1.61 bits per heavy atom. The van der Waals surface area contributed by atoms with E-state index < -0.39 is 11.9 Å². The molecule has 1 N–H and O–H groups in total. The van der Waals surface area contributed by atoms with Crippen molar-refractivity contribution in [2.75, 3.05) is 7.11 Å². The molecule has 3 aromatic carbocycles. The molecule has 1 fully saturated rings. The first-order valence-electron chi connectivity index (χ1n) is 12.5. The van der Waals surface area contributed by atoms with Gasteiger partial charge < -0.3 is 15.0 Å². The van der Waals surface area contributed by atoms with Crippen molar-refractivity contribution in [2.24, 2.45) is 0 Å². The van der Waals surface area contributed by atoms with E-state index >= 15 is 0 Å². The second-order valence-electron chi connectivity index (χ2n) is 9.33. The second kappa shape index (κ2) is 12.3. The van der Waals surface area contributed by atoms with Crippen LogP contribution >= 0.6 is 0 Å². The lowest BCUT2D eigenvalue weighted by molar-refractivity contribution is -0.141. The number of carbonyl (C=O) groups excluding carboxylic acids is 2. The zero-order chi connectivity index (χ0) is 25.3. The summed E-state index contributed by atoms with van der Waals surface area (Å²) >= 11 is 0. The van der Waals surface area contributed by atoms with E-state index in [2.05, 4.69) is 5.32 Å². The molecule has 1 atom stereocenters. The van der Waals surface area contributed by atoms with Crippen molar-refractivity contribution in [1.82, 2.24) is 10.2 Å². The quantitative estimate of drug-likeness (QED) is 0.433. The number of ether oxygens (including phenoxy) is 1. The summed E-state index contributed by atoms with van der Waals surface area (Å²) in [5.41, 5.74) is 2.13. The number of hydrogen-bond donors (Lipinski definition) is 1. The number of methoxy groups -OCH3 is 1. The Kier molecular flexibility index (Phi) is 8.71. The molecule has 0 unspecified atom stereocenters. The van der Waals surface area contributed by atoms with Crippen LogP contribution in [0.25, 0.3) is 0 Å². The van der Waals surface area contributed by atoms with E-state index in [9.17, 15) is 14.0 Å². The van der Waals surface area contributed by atoms with Crippen LogP contribution in [0.4, 0.5) is 4.39 Å². The lowest BCUT2D eigenvalue weighted by Crippen LogP contribution is -2.52. The summed E-state index contributed by atoms with van der Waals surface area (Å²) in [6.45, 7) is 0.0112. The average molecular weight is 489 g/mol. The third kappa shape index (κ3) is 6.72. The highest BCUT2D eigenvalue weighted by Gasteiger charge is 2.32. The van der Waals surface area contributed by atoms with Crippen molar-refractivity contribution in [3.05, 3.63) is 101 Å². The molecule has 4 rings (SSSR count). The van der Waals surface area contributed by atoms with E-state index in [0.29, 0.717) is 17.7 Å². The maximum Gasteiger partial charge on any atom is 0.243 e. The third-order valence-corrected chi connectivity index (χ3v) is 6.79. The Hall–Kier alpha value is -3.67. The molecule has 1 aliphatic carbocycles. The minimum atomic E-state index is -0.765. The van der Waals surface area contributed by atoms with Gasteiger partial charge in [-0.3, -0.25) is 9.59 Å². The van der Waals surface area contributed by atoms with Crippen molar-refractivity contribution >= 4 is 11.8 Å². The minimum absolute atomic E-state index is 0.0112. The zero-order valence-corrected chi connectivity index (χ0v) is 20.7. The van der Waals surface area contributed by atoms with Crippen molar-refractivity contribution in [3.8, 4) is 5.75 Å². The number of nitrogens with zero attached hydrogens (tertiary/aromatic N) is 1. The molecule has 1 aliphatic rings. The molecule has 188 valence electrons. The number of carbonyl (C=O) groups is 2. The molecule has 0 spiro atoms. The molecular formula is C30H33FN2O3. The van der Waals surface area contributed by atoms with Gasteiger partial charge in [0.1, 0.15) is 17.6 Å². The predicted octanol–water partition coefficient (Wildman–Crippen LogP) is 5.08. The lowest BCUT2D eigenvalue weighted by Gasteiger charge is -2.32. The molecular weight excluding hydrogens is 455 g/mol. The molecule has 1 saturated carbocycles. The fourth-order valence-electron chi connectivity index (χ4n) is 4.75. The lowest BCUT2D eigenvalue weighted by atomic mass is 10.0. The highest BCUT2D eigenvalue weighted by Crippen LogP contribution is 2.21. The zero-order valence-electron chi connectivity index (χ0n) is 20.7. The van der Waals surface area contributed by atoms with Crippen LogP contribution in [0, 0.1) is 5.82 Å². The van der Waals surface area contributed by atoms with Gasteiger partial charge in [0.15, 0.2) is 0 Å². The molecule has 3 aromatic rings. The van der Waals surface area contributed by atoms with Gasteiger partial charge in [0.05, 0.1) is 13.5 Å². The van der Waals surface area contributed by atoms with Gasteiger partial charge in [0.2, 0.25) is 11.8 Å². The van der Waals surface area contributed by atoms with Crippen LogP contribution in [0.2, 0.25) is 0 Å². The Bertz CT molecular complexity index is 1140. The monoisotopic (exact) mass is 488 g/mol. The second-order valence-corrected chi connectivity index (χ2v) is 9.33. The van der Waals surface area contributed by atoms with E-state index in [-0.39, 0.29) is 30.8 Å². The van der Waals surface area contributed by atoms with E-state index in [0.717, 1.165) is 36.8 Å². The van der Waals surface area contributed by atoms with Crippen molar-refractivity contribution in [2.45, 2.75) is 57.2 Å². The molecule has 0 aromatic heterocycles. The van der Waals surface area contributed by atoms with Crippen molar-refractivity contribution in [3.63, 3.8) is 0 Å². The van der Waals surface area contributed by atoms with Gasteiger partial charge in [-0.15, -0.1) is 0 Å². The fourth-order valence-corrected chi connectivity index (χ4v) is 4.75. The van der Waals surface area contributed by atoms with Gasteiger partial charge in [0.25, 0.3) is 0 Å². The van der Waals surface area contributed by atoms with Gasteiger partial charge in [-0.1, -0.05) is 73.5 Å². The smallest absolute Gasteiger partial charge is 0.243 e. The highest BCUT2D eigenvalue weighted by atomic mass is 19.1. The Balaban J connectivity index is 1.65. The largest absolute Gasteiger partial charge is 0.497 e. The first kappa shape index (κ1) is 25.4. The van der Waals surface area contributed by atoms with Crippen LogP contribution in [0.5, 0.6) is 5.75 Å². The molecule has 0 radical (unpaired) electrons. The standard InChI is InChI=1S/C30H33FN2O3/c1-36-26-17-15-23(16-18-26)20-29(34)33(21-24-11-5-8-14-27(24)31)28(19-22-9-3-2-4-10-22)30(35)32-25-12-6-7-13-25/h2-5,8-11,14-18,25,28H,6-7,12-13,19-21H2,1H3,(H,32,35)/t28-/m1/s1. The highest BCUT2D eigenvalue weighted by molar-refractivity contribution is 5.89. The number of hydrogen-bond acceptors (Lipinski definition) is 3. The summed E-state index contributed by atoms with van der Waals surface area (Å²) < 4.78 is 19.9. The number of nitrogens with one attached hydrogen (secondary N) is 1. The van der Waals surface area contributed by atoms with Gasteiger partial charge in [-0.05, 0) is 42.2 Å². The van der Waals surface area contributed by atoms with Gasteiger partial charge in [-0.25, -0.2) is 4.39 Å². The maximum atomic E-state index is 14.7. The summed E-state index contributed by atoms with van der Waals surface area (Å²) in [6, 6.07) is 22.7. The van der Waals surface area contributed by atoms with E-state index in [1.54, 1.807) is 42.3 Å². The average Bonchev–Trinajstić information content (AvgIpc) is 3.41. The Morgan fingerprint density at radius 3 is 2.28 bits per heavy atom. The Labute approximate surface area is 212 Å². The predicted molar refractivity (Wildman–Crippen MR) is 138 cm³/mol. The summed E-state index contributed by atoms with van der Waals surface area (Å²) in [7, 11) is 1.59. The molecule has 5 nitrogen and oxygen atoms in total. The molecule has 0 bridgehead atoms. The fraction of sp³-hybridized carbons (Fsp3) is 0.333. The van der Waals surface area contributed by atoms with Crippen LogP contribution in [-0.4, -0.2) is 35.9 Å². The van der Waals surface area contributed by atoms with Crippen LogP contribution in [0.1, 0.15) is 42.4 Å². The summed E-state index contributed by atoms with van der Waals surface area (Å²) in [5, 5.41) is 3.17. The summed E-state index contributed by atoms with van der Waals surface area (Å²) in [6.07, 6.45) is 4.50. The number of amides is 2. The number of benzene rings is 3. The molecule has 6 heteroatoms. The van der Waals surface area contributed by atoms with Crippen molar-refractivity contribution in [1.29, 1.82) is 0 Å². The van der Waals surface area contributed by atoms with E-state index in [1.807, 2.05) is 42.5 Å². The molecule has 0 heterocycles. The van der Waals surface area contributed by atoms with Gasteiger partial charge in [0, 0.05) is 24.6 Å². The normalized spacial score (nSPS) is 14.3. The van der Waals surface area contributed by atoms with Gasteiger partial charge in [-0.2, -0.15) is 0 Å². The van der Waals surface area contributed by atoms with Crippen LogP contribution in [0.15, 0.2) is 78.9 Å². The molecule has 0 aliphatic heterocycles. The summed E-state index contributed by atoms with van der Waals surface area (Å²) in [4.78, 5) is 28.9. The first-order valence-corrected chi connectivity index (χ1v) is 12.5. The Morgan fingerprint density at radius 1 is 0.944 bits per heavy atom. The molecule has 0 saturated heterocycles. The first-order chi connectivity index (χ1) is 17.5. The third-order valence-electron chi connectivity index (χ3n) is 6.79. The summed E-state index contributed by atoms with van der Waals surface area (Å²) in [5.74, 6) is -0.113. The van der Waals surface area contributed by atoms with E-state index in [4.69, 9.17) is 4.74 Å². The number of rotatable bonds is 10. The van der Waals surface area contributed by atoms with Gasteiger partial charge >= 0.3 is 0 Å². The topological polar surface area (TPSA) is 58.6 Å². The van der Waals surface area contributed by atoms with Crippen LogP contribution in [0.3, 0.4) is 0 Å². The number of halogens is 1. The molecule has 2 amide bonds. The van der Waals surface area contributed by atoms with Crippen molar-refractivity contribution < 1.29 is 18.7 Å². The van der Waals surface area contributed by atoms with Crippen LogP contribution < -0.4 is 10.1 Å². The van der Waals surface area contributed by atoms with E-state index in [1.165, 1.54) is 6.07 Å². The molecule has 36 heavy (non-hydrogen) atoms. The van der Waals surface area contributed by atoms with Crippen LogP contribution in [-0.2, 0) is 29.0 Å². The minimum Gasteiger partial charge on any atom is -0.497 e.